The number of benzene rings is 1. The highest BCUT2D eigenvalue weighted by molar-refractivity contribution is 6.43. The molecular formula is C21H24Cl2N4O2. The lowest BCUT2D eigenvalue weighted by Crippen LogP contribution is -2.40. The van der Waals surface area contributed by atoms with Gasteiger partial charge in [0.2, 0.25) is 0 Å². The van der Waals surface area contributed by atoms with Gasteiger partial charge in [-0.15, -0.1) is 10.2 Å². The van der Waals surface area contributed by atoms with Crippen LogP contribution >= 0.6 is 23.2 Å². The molecule has 2 aromatic rings. The topological polar surface area (TPSA) is 78.3 Å². The standard InChI is InChI=1S/C21H24Cl2N4O2/c1-12(28)21(29)27-8-6-13(7-9-27)19-15-10-17(22)18(23)11-16(15)20(26-25-19)24-14-4-2-3-5-14/h6,10-12,14,28H,2-5,7-9H2,1H3,(H,24,26). The molecule has 8 heteroatoms. The molecule has 0 radical (unpaired) electrons. The van der Waals surface area contributed by atoms with Gasteiger partial charge in [-0.3, -0.25) is 4.79 Å². The number of hydrogen-bond donors (Lipinski definition) is 2. The second-order valence-electron chi connectivity index (χ2n) is 7.77. The summed E-state index contributed by atoms with van der Waals surface area (Å²) in [5.41, 5.74) is 1.78. The monoisotopic (exact) mass is 434 g/mol. The lowest BCUT2D eigenvalue weighted by atomic mass is 9.99. The Morgan fingerprint density at radius 3 is 2.52 bits per heavy atom. The minimum Gasteiger partial charge on any atom is -0.384 e. The van der Waals surface area contributed by atoms with Gasteiger partial charge in [0.1, 0.15) is 6.10 Å². The summed E-state index contributed by atoms with van der Waals surface area (Å²) in [6.07, 6.45) is 6.32. The summed E-state index contributed by atoms with van der Waals surface area (Å²) in [4.78, 5) is 13.7. The van der Waals surface area contributed by atoms with Gasteiger partial charge in [-0.2, -0.15) is 0 Å². The van der Waals surface area contributed by atoms with E-state index in [1.165, 1.54) is 19.8 Å². The van der Waals surface area contributed by atoms with Crippen LogP contribution in [0.2, 0.25) is 10.0 Å². The lowest BCUT2D eigenvalue weighted by Gasteiger charge is -2.27. The molecule has 6 nitrogen and oxygen atoms in total. The molecule has 154 valence electrons. The number of carbonyl (C=O) groups is 1. The fraction of sp³-hybridized carbons (Fsp3) is 0.476. The molecule has 1 aliphatic carbocycles. The Labute approximate surface area is 179 Å². The molecule has 0 bridgehead atoms. The van der Waals surface area contributed by atoms with Crippen molar-refractivity contribution in [2.24, 2.45) is 0 Å². The number of aromatic nitrogens is 2. The molecule has 29 heavy (non-hydrogen) atoms. The molecule has 1 aromatic carbocycles. The van der Waals surface area contributed by atoms with Crippen LogP contribution in [-0.4, -0.2) is 51.3 Å². The number of rotatable bonds is 4. The van der Waals surface area contributed by atoms with Gasteiger partial charge in [0.25, 0.3) is 5.91 Å². The number of amides is 1. The predicted octanol–water partition coefficient (Wildman–Crippen LogP) is 4.29. The van der Waals surface area contributed by atoms with E-state index in [9.17, 15) is 9.90 Å². The molecule has 2 aliphatic rings. The maximum atomic E-state index is 12.0. The quantitative estimate of drug-likeness (QED) is 0.750. The third-order valence-electron chi connectivity index (χ3n) is 5.70. The second-order valence-corrected chi connectivity index (χ2v) is 8.59. The number of fused-ring (bicyclic) bond motifs is 1. The first-order valence-corrected chi connectivity index (χ1v) is 10.8. The number of nitrogens with one attached hydrogen (secondary N) is 1. The van der Waals surface area contributed by atoms with E-state index in [-0.39, 0.29) is 5.91 Å². The number of halogens is 2. The van der Waals surface area contributed by atoms with E-state index in [1.807, 2.05) is 18.2 Å². The van der Waals surface area contributed by atoms with Gasteiger partial charge in [-0.05, 0) is 43.9 Å². The molecule has 1 aromatic heterocycles. The summed E-state index contributed by atoms with van der Waals surface area (Å²) in [6.45, 7) is 2.45. The van der Waals surface area contributed by atoms with Gasteiger partial charge in [-0.1, -0.05) is 42.1 Å². The molecular weight excluding hydrogens is 411 g/mol. The van der Waals surface area contributed by atoms with E-state index in [0.29, 0.717) is 35.6 Å². The minimum absolute atomic E-state index is 0.262. The molecule has 4 rings (SSSR count). The maximum Gasteiger partial charge on any atom is 0.251 e. The smallest absolute Gasteiger partial charge is 0.251 e. The molecule has 1 fully saturated rings. The third-order valence-corrected chi connectivity index (χ3v) is 6.42. The number of aliphatic hydroxyl groups excluding tert-OH is 1. The normalized spacial score (nSPS) is 18.8. The zero-order valence-electron chi connectivity index (χ0n) is 16.3. The zero-order chi connectivity index (χ0) is 20.5. The Morgan fingerprint density at radius 2 is 1.90 bits per heavy atom. The summed E-state index contributed by atoms with van der Waals surface area (Å²) in [5, 5.41) is 24.8. The van der Waals surface area contributed by atoms with E-state index in [2.05, 4.69) is 15.5 Å². The summed E-state index contributed by atoms with van der Waals surface area (Å²) in [6, 6.07) is 4.10. The molecule has 1 unspecified atom stereocenters. The second kappa shape index (κ2) is 8.46. The summed E-state index contributed by atoms with van der Waals surface area (Å²) < 4.78 is 0. The number of anilines is 1. The third kappa shape index (κ3) is 4.20. The maximum absolute atomic E-state index is 12.0. The molecule has 1 atom stereocenters. The summed E-state index contributed by atoms with van der Waals surface area (Å²) in [7, 11) is 0. The molecule has 1 aliphatic heterocycles. The van der Waals surface area contributed by atoms with Gasteiger partial charge in [0.15, 0.2) is 5.82 Å². The lowest BCUT2D eigenvalue weighted by molar-refractivity contribution is -0.138. The predicted molar refractivity (Wildman–Crippen MR) is 116 cm³/mol. The van der Waals surface area contributed by atoms with Crippen molar-refractivity contribution in [3.63, 3.8) is 0 Å². The number of hydrogen-bond acceptors (Lipinski definition) is 5. The van der Waals surface area contributed by atoms with Crippen LogP contribution in [0, 0.1) is 0 Å². The van der Waals surface area contributed by atoms with Gasteiger partial charge in [0, 0.05) is 29.9 Å². The van der Waals surface area contributed by atoms with Crippen LogP contribution in [0.1, 0.15) is 44.7 Å². The highest BCUT2D eigenvalue weighted by atomic mass is 35.5. The molecule has 0 spiro atoms. The van der Waals surface area contributed by atoms with Crippen LogP contribution < -0.4 is 5.32 Å². The van der Waals surface area contributed by atoms with Crippen molar-refractivity contribution in [2.45, 2.75) is 51.2 Å². The first kappa shape index (κ1) is 20.4. The van der Waals surface area contributed by atoms with Gasteiger partial charge in [0.05, 0.1) is 15.7 Å². The van der Waals surface area contributed by atoms with Crippen molar-refractivity contribution in [3.05, 3.63) is 33.9 Å². The van der Waals surface area contributed by atoms with Crippen LogP contribution in [0.5, 0.6) is 0 Å². The summed E-state index contributed by atoms with van der Waals surface area (Å²) in [5.74, 6) is 0.471. The van der Waals surface area contributed by atoms with Crippen LogP contribution in [0.15, 0.2) is 18.2 Å². The fourth-order valence-electron chi connectivity index (χ4n) is 4.10. The van der Waals surface area contributed by atoms with Gasteiger partial charge < -0.3 is 15.3 Å². The Kier molecular flexibility index (Phi) is 5.95. The first-order chi connectivity index (χ1) is 13.9. The Hall–Kier alpha value is -1.89. The first-order valence-electron chi connectivity index (χ1n) is 10.0. The fourth-order valence-corrected chi connectivity index (χ4v) is 4.43. The Bertz CT molecular complexity index is 971. The van der Waals surface area contributed by atoms with E-state index in [4.69, 9.17) is 23.2 Å². The van der Waals surface area contributed by atoms with Crippen molar-refractivity contribution >= 4 is 51.3 Å². The van der Waals surface area contributed by atoms with Crippen LogP contribution in [0.4, 0.5) is 5.82 Å². The number of nitrogens with zero attached hydrogens (tertiary/aromatic N) is 3. The van der Waals surface area contributed by atoms with Crippen molar-refractivity contribution in [1.29, 1.82) is 0 Å². The van der Waals surface area contributed by atoms with Crippen LogP contribution in [-0.2, 0) is 4.79 Å². The highest BCUT2D eigenvalue weighted by Crippen LogP contribution is 2.36. The molecule has 0 saturated heterocycles. The van der Waals surface area contributed by atoms with Crippen molar-refractivity contribution < 1.29 is 9.90 Å². The SMILES string of the molecule is CC(O)C(=O)N1CC=C(c2nnc(NC3CCCC3)c3cc(Cl)c(Cl)cc23)CC1. The van der Waals surface area contributed by atoms with E-state index < -0.39 is 6.10 Å². The van der Waals surface area contributed by atoms with Crippen LogP contribution in [0.3, 0.4) is 0 Å². The molecule has 1 saturated carbocycles. The highest BCUT2D eigenvalue weighted by Gasteiger charge is 2.24. The number of carbonyl (C=O) groups excluding carboxylic acids is 1. The largest absolute Gasteiger partial charge is 0.384 e. The number of aliphatic hydroxyl groups is 1. The molecule has 2 heterocycles. The minimum atomic E-state index is -0.993. The zero-order valence-corrected chi connectivity index (χ0v) is 17.8. The van der Waals surface area contributed by atoms with Gasteiger partial charge >= 0.3 is 0 Å². The van der Waals surface area contributed by atoms with Crippen molar-refractivity contribution in [3.8, 4) is 0 Å². The van der Waals surface area contributed by atoms with E-state index in [0.717, 1.165) is 40.7 Å². The molecule has 1 amide bonds. The van der Waals surface area contributed by atoms with Crippen molar-refractivity contribution in [1.82, 2.24) is 15.1 Å². The molecule has 2 N–H and O–H groups in total. The Morgan fingerprint density at radius 1 is 1.21 bits per heavy atom. The average molecular weight is 435 g/mol. The van der Waals surface area contributed by atoms with Crippen molar-refractivity contribution in [2.75, 3.05) is 18.4 Å². The van der Waals surface area contributed by atoms with Gasteiger partial charge in [-0.25, -0.2) is 0 Å². The van der Waals surface area contributed by atoms with E-state index >= 15 is 0 Å². The Balaban J connectivity index is 1.70. The summed E-state index contributed by atoms with van der Waals surface area (Å²) >= 11 is 12.6. The average Bonchev–Trinajstić information content (AvgIpc) is 3.22. The van der Waals surface area contributed by atoms with Crippen LogP contribution in [0.25, 0.3) is 16.3 Å². The van der Waals surface area contributed by atoms with E-state index in [1.54, 1.807) is 4.90 Å².